The monoisotopic (exact) mass is 669 g/mol. The number of rotatable bonds is 9. The Morgan fingerprint density at radius 1 is 1.11 bits per heavy atom. The predicted octanol–water partition coefficient (Wildman–Crippen LogP) is 3.64. The fourth-order valence-corrected chi connectivity index (χ4v) is 6.45. The van der Waals surface area contributed by atoms with Crippen molar-refractivity contribution in [3.05, 3.63) is 59.6 Å². The molecule has 3 aromatic heterocycles. The van der Waals surface area contributed by atoms with E-state index in [0.29, 0.717) is 18.7 Å². The highest BCUT2D eigenvalue weighted by atomic mass is 35.5. The predicted molar refractivity (Wildman–Crippen MR) is 168 cm³/mol. The van der Waals surface area contributed by atoms with Gasteiger partial charge in [-0.3, -0.25) is 24.0 Å². The number of anilines is 1. The Kier molecular flexibility index (Phi) is 9.36. The number of carbonyl (C=O) groups excluding carboxylic acids is 3. The molecule has 0 bridgehead atoms. The number of carbonyl (C=O) groups is 3. The summed E-state index contributed by atoms with van der Waals surface area (Å²) in [6.45, 7) is -1.39. The van der Waals surface area contributed by atoms with Crippen LogP contribution in [0.1, 0.15) is 36.2 Å². The first kappa shape index (κ1) is 32.3. The van der Waals surface area contributed by atoms with Gasteiger partial charge in [0.2, 0.25) is 11.8 Å². The highest BCUT2D eigenvalue weighted by molar-refractivity contribution is 6.31. The molecule has 248 valence electrons. The van der Waals surface area contributed by atoms with Crippen molar-refractivity contribution in [1.29, 1.82) is 0 Å². The van der Waals surface area contributed by atoms with Gasteiger partial charge in [0, 0.05) is 68.5 Å². The molecule has 1 aromatic carbocycles. The molecule has 0 radical (unpaired) electrons. The number of amides is 3. The molecular weight excluding hydrogens is 636 g/mol. The Hall–Kier alpha value is -4.63. The minimum absolute atomic E-state index is 0.0593. The number of likely N-dealkylation sites (N-methyl/N-ethyl adjacent to an activating group) is 1. The average Bonchev–Trinajstić information content (AvgIpc) is 3.80. The van der Waals surface area contributed by atoms with Gasteiger partial charge in [0.05, 0.1) is 11.7 Å². The standard InChI is InChI=1S/C31H34ClF2N9O4/c1-39(2)30(46)24-5-3-11-42(24)20-8-13-40(14-9-20)27(44)18-41-17-23(36-29(45)22-16-26-35-10-4-12-43(26)37-22)28(38-41)21-15-19(32)6-7-25(21)47-31(33)34/h4,6-7,10,12,15-17,20,24,31H,3,5,8-9,11,13-14,18H2,1-2H3,(H,36,45)/t24-/m0/s1. The number of hydrogen-bond acceptors (Lipinski definition) is 8. The number of fused-ring (bicyclic) bond motifs is 1. The van der Waals surface area contributed by atoms with Gasteiger partial charge in [-0.2, -0.15) is 19.0 Å². The molecule has 5 heterocycles. The lowest BCUT2D eigenvalue weighted by atomic mass is 10.0. The van der Waals surface area contributed by atoms with Crippen molar-refractivity contribution in [2.45, 2.75) is 50.9 Å². The SMILES string of the molecule is CN(C)C(=O)[C@@H]1CCCN1C1CCN(C(=O)Cn2cc(NC(=O)c3cc4ncccn4n3)c(-c3cc(Cl)ccc3OC(F)F)n2)CC1. The molecule has 0 spiro atoms. The van der Waals surface area contributed by atoms with Crippen LogP contribution in [0.2, 0.25) is 5.02 Å². The van der Waals surface area contributed by atoms with E-state index in [1.807, 2.05) is 0 Å². The van der Waals surface area contributed by atoms with E-state index in [9.17, 15) is 23.2 Å². The number of aromatic nitrogens is 5. The van der Waals surface area contributed by atoms with Crippen LogP contribution in [0.3, 0.4) is 0 Å². The lowest BCUT2D eigenvalue weighted by Crippen LogP contribution is -2.52. The van der Waals surface area contributed by atoms with Crippen molar-refractivity contribution in [1.82, 2.24) is 39.1 Å². The first-order valence-electron chi connectivity index (χ1n) is 15.3. The van der Waals surface area contributed by atoms with E-state index in [-0.39, 0.29) is 63.9 Å². The van der Waals surface area contributed by atoms with Crippen LogP contribution in [-0.2, 0) is 16.1 Å². The van der Waals surface area contributed by atoms with E-state index >= 15 is 0 Å². The van der Waals surface area contributed by atoms with Crippen LogP contribution < -0.4 is 10.1 Å². The Labute approximate surface area is 274 Å². The van der Waals surface area contributed by atoms with Gasteiger partial charge in [0.15, 0.2) is 11.3 Å². The minimum Gasteiger partial charge on any atom is -0.434 e. The summed E-state index contributed by atoms with van der Waals surface area (Å²) in [6, 6.07) is 7.33. The van der Waals surface area contributed by atoms with E-state index in [4.69, 9.17) is 16.3 Å². The number of benzene rings is 1. The number of likely N-dealkylation sites (tertiary alicyclic amines) is 2. The lowest BCUT2D eigenvalue weighted by molar-refractivity contribution is -0.137. The zero-order valence-corrected chi connectivity index (χ0v) is 26.6. The summed E-state index contributed by atoms with van der Waals surface area (Å²) in [5.41, 5.74) is 0.831. The summed E-state index contributed by atoms with van der Waals surface area (Å²) in [5, 5.41) is 11.7. The Morgan fingerprint density at radius 2 is 1.89 bits per heavy atom. The Balaban J connectivity index is 1.21. The molecule has 13 nitrogen and oxygen atoms in total. The molecule has 3 amide bonds. The Morgan fingerprint density at radius 3 is 2.62 bits per heavy atom. The number of halogens is 3. The van der Waals surface area contributed by atoms with Crippen LogP contribution in [0, 0.1) is 0 Å². The fraction of sp³-hybridized carbons (Fsp3) is 0.419. The zero-order chi connectivity index (χ0) is 33.2. The van der Waals surface area contributed by atoms with Gasteiger partial charge >= 0.3 is 6.61 Å². The summed E-state index contributed by atoms with van der Waals surface area (Å²) < 4.78 is 34.2. The summed E-state index contributed by atoms with van der Waals surface area (Å²) >= 11 is 6.23. The zero-order valence-electron chi connectivity index (χ0n) is 25.9. The molecule has 1 atom stereocenters. The average molecular weight is 670 g/mol. The van der Waals surface area contributed by atoms with Crippen molar-refractivity contribution in [3.8, 4) is 17.0 Å². The number of nitrogens with one attached hydrogen (secondary N) is 1. The van der Waals surface area contributed by atoms with Gasteiger partial charge in [0.1, 0.15) is 18.0 Å². The molecule has 0 saturated carbocycles. The quantitative estimate of drug-likeness (QED) is 0.286. The first-order valence-corrected chi connectivity index (χ1v) is 15.6. The van der Waals surface area contributed by atoms with E-state index in [1.54, 1.807) is 42.4 Å². The van der Waals surface area contributed by atoms with Gasteiger partial charge in [-0.15, -0.1) is 0 Å². The van der Waals surface area contributed by atoms with Crippen LogP contribution in [0.25, 0.3) is 16.9 Å². The van der Waals surface area contributed by atoms with E-state index in [2.05, 4.69) is 25.4 Å². The second kappa shape index (κ2) is 13.6. The van der Waals surface area contributed by atoms with Crippen LogP contribution in [0.15, 0.2) is 48.9 Å². The molecule has 2 aliphatic rings. The van der Waals surface area contributed by atoms with Crippen molar-refractivity contribution in [2.75, 3.05) is 39.0 Å². The smallest absolute Gasteiger partial charge is 0.387 e. The van der Waals surface area contributed by atoms with Gasteiger partial charge in [-0.1, -0.05) is 11.6 Å². The summed E-state index contributed by atoms with van der Waals surface area (Å²) in [5.74, 6) is -0.892. The van der Waals surface area contributed by atoms with Crippen LogP contribution in [0.5, 0.6) is 5.75 Å². The third-order valence-electron chi connectivity index (χ3n) is 8.49. The molecule has 4 aromatic rings. The molecule has 0 aliphatic carbocycles. The highest BCUT2D eigenvalue weighted by Crippen LogP contribution is 2.37. The lowest BCUT2D eigenvalue weighted by Gasteiger charge is -2.39. The molecule has 6 rings (SSSR count). The number of hydrogen-bond donors (Lipinski definition) is 1. The summed E-state index contributed by atoms with van der Waals surface area (Å²) in [4.78, 5) is 49.3. The molecule has 2 aliphatic heterocycles. The molecule has 47 heavy (non-hydrogen) atoms. The molecular formula is C31H34ClF2N9O4. The topological polar surface area (TPSA) is 130 Å². The molecule has 1 N–H and O–H groups in total. The maximum atomic E-state index is 13.5. The fourth-order valence-electron chi connectivity index (χ4n) is 6.28. The molecule has 16 heteroatoms. The van der Waals surface area contributed by atoms with E-state index in [0.717, 1.165) is 32.2 Å². The van der Waals surface area contributed by atoms with Crippen LogP contribution in [0.4, 0.5) is 14.5 Å². The number of ether oxygens (including phenoxy) is 1. The molecule has 2 fully saturated rings. The van der Waals surface area contributed by atoms with Gasteiger partial charge in [-0.25, -0.2) is 9.50 Å². The maximum Gasteiger partial charge on any atom is 0.387 e. The third kappa shape index (κ3) is 7.05. The number of nitrogens with zero attached hydrogens (tertiary/aromatic N) is 8. The van der Waals surface area contributed by atoms with Crippen LogP contribution >= 0.6 is 11.6 Å². The van der Waals surface area contributed by atoms with E-state index in [1.165, 1.54) is 39.7 Å². The van der Waals surface area contributed by atoms with Crippen molar-refractivity contribution < 1.29 is 27.9 Å². The maximum absolute atomic E-state index is 13.5. The van der Waals surface area contributed by atoms with Gasteiger partial charge in [0.25, 0.3) is 5.91 Å². The van der Waals surface area contributed by atoms with Gasteiger partial charge < -0.3 is 19.9 Å². The minimum atomic E-state index is -3.12. The normalized spacial score (nSPS) is 17.4. The van der Waals surface area contributed by atoms with Crippen molar-refractivity contribution in [3.63, 3.8) is 0 Å². The van der Waals surface area contributed by atoms with Crippen LogP contribution in [-0.4, -0.2) is 109 Å². The van der Waals surface area contributed by atoms with Crippen molar-refractivity contribution in [2.24, 2.45) is 0 Å². The molecule has 2 saturated heterocycles. The second-order valence-corrected chi connectivity index (χ2v) is 12.2. The third-order valence-corrected chi connectivity index (χ3v) is 8.73. The number of piperidine rings is 1. The number of alkyl halides is 2. The summed E-state index contributed by atoms with van der Waals surface area (Å²) in [7, 11) is 3.54. The summed E-state index contributed by atoms with van der Waals surface area (Å²) in [6.07, 6.45) is 7.94. The van der Waals surface area contributed by atoms with Gasteiger partial charge in [-0.05, 0) is 56.5 Å². The highest BCUT2D eigenvalue weighted by Gasteiger charge is 2.38. The van der Waals surface area contributed by atoms with Crippen molar-refractivity contribution >= 4 is 40.7 Å². The largest absolute Gasteiger partial charge is 0.434 e. The Bertz CT molecular complexity index is 1750. The van der Waals surface area contributed by atoms with E-state index < -0.39 is 12.5 Å². The first-order chi connectivity index (χ1) is 22.6. The molecule has 0 unspecified atom stereocenters. The second-order valence-electron chi connectivity index (χ2n) is 11.8.